The van der Waals surface area contributed by atoms with Crippen LogP contribution >= 0.6 is 15.9 Å². The number of nitrogens with one attached hydrogen (secondary N) is 1. The second-order valence-electron chi connectivity index (χ2n) is 4.58. The predicted molar refractivity (Wildman–Crippen MR) is 80.0 cm³/mol. The van der Waals surface area contributed by atoms with Crippen LogP contribution in [0.3, 0.4) is 0 Å². The normalized spacial score (nSPS) is 10.7. The summed E-state index contributed by atoms with van der Waals surface area (Å²) >= 11 is 3.46. The monoisotopic (exact) mass is 337 g/mol. The standard InChI is InChI=1S/C15H16BrNO3/c1-10-2-3-13(16)8-11(10)4-6-17-9-12-5-7-20-14(12)15(18)19/h2-3,5,7-8,17H,4,6,9H2,1H3,(H,18,19). The molecule has 0 saturated heterocycles. The Hall–Kier alpha value is -1.59. The van der Waals surface area contributed by atoms with E-state index in [9.17, 15) is 4.79 Å². The number of benzene rings is 1. The Labute approximate surface area is 125 Å². The number of furan rings is 1. The molecular weight excluding hydrogens is 322 g/mol. The molecule has 106 valence electrons. The highest BCUT2D eigenvalue weighted by Gasteiger charge is 2.12. The minimum Gasteiger partial charge on any atom is -0.475 e. The molecule has 0 spiro atoms. The van der Waals surface area contributed by atoms with Gasteiger partial charge in [0.1, 0.15) is 0 Å². The fourth-order valence-corrected chi connectivity index (χ4v) is 2.43. The van der Waals surface area contributed by atoms with Crippen molar-refractivity contribution in [2.75, 3.05) is 6.54 Å². The summed E-state index contributed by atoms with van der Waals surface area (Å²) in [4.78, 5) is 10.9. The van der Waals surface area contributed by atoms with Crippen LogP contribution in [0.4, 0.5) is 0 Å². The van der Waals surface area contributed by atoms with E-state index in [4.69, 9.17) is 9.52 Å². The molecule has 0 aliphatic heterocycles. The second kappa shape index (κ2) is 6.72. The van der Waals surface area contributed by atoms with Gasteiger partial charge in [0.25, 0.3) is 0 Å². The van der Waals surface area contributed by atoms with Crippen LogP contribution in [-0.4, -0.2) is 17.6 Å². The van der Waals surface area contributed by atoms with Crippen LogP contribution in [0.2, 0.25) is 0 Å². The Bertz CT molecular complexity index is 607. The van der Waals surface area contributed by atoms with Gasteiger partial charge in [-0.25, -0.2) is 4.79 Å². The van der Waals surface area contributed by atoms with E-state index in [0.29, 0.717) is 12.1 Å². The third kappa shape index (κ3) is 3.71. The maximum Gasteiger partial charge on any atom is 0.372 e. The van der Waals surface area contributed by atoms with Crippen LogP contribution in [0, 0.1) is 6.92 Å². The number of halogens is 1. The van der Waals surface area contributed by atoms with E-state index in [1.165, 1.54) is 17.4 Å². The van der Waals surface area contributed by atoms with Gasteiger partial charge in [-0.3, -0.25) is 0 Å². The average molecular weight is 338 g/mol. The highest BCUT2D eigenvalue weighted by Crippen LogP contribution is 2.16. The molecule has 0 amide bonds. The van der Waals surface area contributed by atoms with Gasteiger partial charge in [-0.2, -0.15) is 0 Å². The van der Waals surface area contributed by atoms with Gasteiger partial charge in [0.15, 0.2) is 0 Å². The number of aryl methyl sites for hydroxylation is 1. The summed E-state index contributed by atoms with van der Waals surface area (Å²) in [6.45, 7) is 3.35. The van der Waals surface area contributed by atoms with E-state index in [-0.39, 0.29) is 5.76 Å². The molecule has 0 fully saturated rings. The van der Waals surface area contributed by atoms with Crippen molar-refractivity contribution < 1.29 is 14.3 Å². The highest BCUT2D eigenvalue weighted by atomic mass is 79.9. The van der Waals surface area contributed by atoms with E-state index < -0.39 is 5.97 Å². The zero-order valence-corrected chi connectivity index (χ0v) is 12.7. The van der Waals surface area contributed by atoms with Gasteiger partial charge >= 0.3 is 5.97 Å². The van der Waals surface area contributed by atoms with Crippen LogP contribution in [0.1, 0.15) is 27.2 Å². The Balaban J connectivity index is 1.86. The molecule has 0 atom stereocenters. The van der Waals surface area contributed by atoms with Crippen LogP contribution in [0.15, 0.2) is 39.4 Å². The number of hydrogen-bond donors (Lipinski definition) is 2. The Kier molecular flexibility index (Phi) is 4.98. The first-order valence-corrected chi connectivity index (χ1v) is 7.12. The summed E-state index contributed by atoms with van der Waals surface area (Å²) in [5, 5.41) is 12.2. The number of rotatable bonds is 6. The average Bonchev–Trinajstić information content (AvgIpc) is 2.87. The lowest BCUT2D eigenvalue weighted by atomic mass is 10.1. The molecule has 2 N–H and O–H groups in total. The van der Waals surface area contributed by atoms with Gasteiger partial charge in [0.05, 0.1) is 6.26 Å². The first-order valence-electron chi connectivity index (χ1n) is 6.33. The van der Waals surface area contributed by atoms with Gasteiger partial charge < -0.3 is 14.8 Å². The molecule has 20 heavy (non-hydrogen) atoms. The maximum absolute atomic E-state index is 10.9. The Morgan fingerprint density at radius 2 is 2.15 bits per heavy atom. The topological polar surface area (TPSA) is 62.5 Å². The third-order valence-corrected chi connectivity index (χ3v) is 3.63. The van der Waals surface area contributed by atoms with Crippen LogP contribution in [0.5, 0.6) is 0 Å². The molecule has 2 aromatic rings. The van der Waals surface area contributed by atoms with Gasteiger partial charge in [0, 0.05) is 16.6 Å². The van der Waals surface area contributed by atoms with Crippen molar-refractivity contribution in [1.29, 1.82) is 0 Å². The summed E-state index contributed by atoms with van der Waals surface area (Å²) < 4.78 is 6.00. The van der Waals surface area contributed by atoms with E-state index in [1.807, 2.05) is 6.07 Å². The molecule has 4 nitrogen and oxygen atoms in total. The largest absolute Gasteiger partial charge is 0.475 e. The lowest BCUT2D eigenvalue weighted by Gasteiger charge is -2.07. The molecule has 0 saturated carbocycles. The summed E-state index contributed by atoms with van der Waals surface area (Å²) in [6.07, 6.45) is 2.30. The minimum absolute atomic E-state index is 0.0103. The zero-order valence-electron chi connectivity index (χ0n) is 11.1. The van der Waals surface area contributed by atoms with E-state index in [2.05, 4.69) is 40.3 Å². The van der Waals surface area contributed by atoms with E-state index >= 15 is 0 Å². The number of carboxylic acids is 1. The number of carbonyl (C=O) groups is 1. The molecule has 0 aliphatic rings. The molecular formula is C15H16BrNO3. The van der Waals surface area contributed by atoms with Gasteiger partial charge in [-0.15, -0.1) is 0 Å². The smallest absolute Gasteiger partial charge is 0.372 e. The quantitative estimate of drug-likeness (QED) is 0.793. The first-order chi connectivity index (χ1) is 9.58. The highest BCUT2D eigenvalue weighted by molar-refractivity contribution is 9.10. The molecule has 1 aromatic heterocycles. The number of hydrogen-bond acceptors (Lipinski definition) is 3. The van der Waals surface area contributed by atoms with Gasteiger partial charge in [-0.1, -0.05) is 22.0 Å². The van der Waals surface area contributed by atoms with Gasteiger partial charge in [-0.05, 0) is 49.2 Å². The van der Waals surface area contributed by atoms with Crippen molar-refractivity contribution in [3.63, 3.8) is 0 Å². The SMILES string of the molecule is Cc1ccc(Br)cc1CCNCc1ccoc1C(=O)O. The molecule has 0 bridgehead atoms. The number of aromatic carboxylic acids is 1. The van der Waals surface area contributed by atoms with Crippen LogP contribution < -0.4 is 5.32 Å². The third-order valence-electron chi connectivity index (χ3n) is 3.14. The van der Waals surface area contributed by atoms with Crippen molar-refractivity contribution in [3.8, 4) is 0 Å². The zero-order chi connectivity index (χ0) is 14.5. The van der Waals surface area contributed by atoms with Crippen molar-refractivity contribution in [2.45, 2.75) is 19.9 Å². The lowest BCUT2D eigenvalue weighted by Crippen LogP contribution is -2.18. The summed E-state index contributed by atoms with van der Waals surface area (Å²) in [6, 6.07) is 7.90. The summed E-state index contributed by atoms with van der Waals surface area (Å²) in [5.74, 6) is -1.02. The number of carboxylic acid groups (broad SMARTS) is 1. The molecule has 0 radical (unpaired) electrons. The predicted octanol–water partition coefficient (Wildman–Crippen LogP) is 3.38. The van der Waals surface area contributed by atoms with Gasteiger partial charge in [0.2, 0.25) is 5.76 Å². The summed E-state index contributed by atoms with van der Waals surface area (Å²) in [7, 11) is 0. The molecule has 2 rings (SSSR count). The van der Waals surface area contributed by atoms with Crippen LogP contribution in [0.25, 0.3) is 0 Å². The Morgan fingerprint density at radius 3 is 2.90 bits per heavy atom. The fourth-order valence-electron chi connectivity index (χ4n) is 2.02. The first kappa shape index (κ1) is 14.8. The van der Waals surface area contributed by atoms with E-state index in [1.54, 1.807) is 6.07 Å². The van der Waals surface area contributed by atoms with Crippen molar-refractivity contribution in [2.24, 2.45) is 0 Å². The second-order valence-corrected chi connectivity index (χ2v) is 5.49. The maximum atomic E-state index is 10.9. The molecule has 5 heteroatoms. The lowest BCUT2D eigenvalue weighted by molar-refractivity contribution is 0.0660. The van der Waals surface area contributed by atoms with Crippen LogP contribution in [-0.2, 0) is 13.0 Å². The van der Waals surface area contributed by atoms with Crippen molar-refractivity contribution in [3.05, 3.63) is 57.5 Å². The van der Waals surface area contributed by atoms with Crippen molar-refractivity contribution in [1.82, 2.24) is 5.32 Å². The molecule has 1 aromatic carbocycles. The van der Waals surface area contributed by atoms with Crippen molar-refractivity contribution >= 4 is 21.9 Å². The van der Waals surface area contributed by atoms with E-state index in [0.717, 1.165) is 17.4 Å². The fraction of sp³-hybridized carbons (Fsp3) is 0.267. The summed E-state index contributed by atoms with van der Waals surface area (Å²) in [5.41, 5.74) is 3.20. The minimum atomic E-state index is -1.03. The molecule has 0 unspecified atom stereocenters. The molecule has 1 heterocycles. The Morgan fingerprint density at radius 1 is 1.35 bits per heavy atom. The molecule has 0 aliphatic carbocycles.